The molecule has 0 heterocycles. The average Bonchev–Trinajstić information content (AvgIpc) is 1.69. The lowest BCUT2D eigenvalue weighted by Gasteiger charge is -1.83. The number of halogens is 1. The Balaban J connectivity index is 0.000000490. The Labute approximate surface area is 68.1 Å². The van der Waals surface area contributed by atoms with Gasteiger partial charge in [0.05, 0.1) is 0 Å². The Hall–Kier alpha value is 0.232. The van der Waals surface area contributed by atoms with Gasteiger partial charge in [-0.25, -0.2) is 0 Å². The summed E-state index contributed by atoms with van der Waals surface area (Å²) in [5.74, 6) is 0. The molecular formula is C6H8AlBr. The Kier molecular flexibility index (Phi) is 4.27. The Bertz CT molecular complexity index is 138. The molecule has 0 saturated carbocycles. The fraction of sp³-hybridized carbons (Fsp3) is 0. The molecule has 0 aromatic heterocycles. The Morgan fingerprint density at radius 3 is 1.75 bits per heavy atom. The first-order valence-electron chi connectivity index (χ1n) is 2.41. The number of hydrogen-bond acceptors (Lipinski definition) is 0. The minimum atomic E-state index is 0. The molecule has 1 aromatic rings. The Morgan fingerprint density at radius 1 is 1.00 bits per heavy atom. The van der Waals surface area contributed by atoms with Gasteiger partial charge in [-0.1, -0.05) is 30.3 Å². The van der Waals surface area contributed by atoms with Crippen molar-refractivity contribution in [2.24, 2.45) is 0 Å². The van der Waals surface area contributed by atoms with Crippen LogP contribution in [0.2, 0.25) is 0 Å². The maximum Gasteiger partial charge on any atom is 0.258 e. The van der Waals surface area contributed by atoms with E-state index in [0.29, 0.717) is 0 Å². The van der Waals surface area contributed by atoms with E-state index in [1.165, 1.54) is 20.7 Å². The highest BCUT2D eigenvalue weighted by Crippen LogP contribution is 1.76. The molecule has 0 bridgehead atoms. The fourth-order valence-electron chi connectivity index (χ4n) is 0.534. The average molecular weight is 187 g/mol. The molecule has 42 valence electrons. The maximum absolute atomic E-state index is 2.15. The van der Waals surface area contributed by atoms with E-state index in [9.17, 15) is 0 Å². The molecule has 0 N–H and O–H groups in total. The van der Waals surface area contributed by atoms with Crippen molar-refractivity contribution in [1.29, 1.82) is 0 Å². The monoisotopic (exact) mass is 186 g/mol. The first-order valence-corrected chi connectivity index (χ1v) is 3.41. The van der Waals surface area contributed by atoms with Crippen LogP contribution in [0.25, 0.3) is 0 Å². The molecule has 0 fully saturated rings. The zero-order chi connectivity index (χ0) is 5.11. The molecule has 0 aliphatic rings. The third-order valence-electron chi connectivity index (χ3n) is 0.940. The van der Waals surface area contributed by atoms with Gasteiger partial charge in [-0.05, 0) is 0 Å². The highest BCUT2D eigenvalue weighted by molar-refractivity contribution is 8.93. The number of rotatable bonds is 0. The summed E-state index contributed by atoms with van der Waals surface area (Å²) in [6.07, 6.45) is 0. The molecule has 0 aliphatic carbocycles. The van der Waals surface area contributed by atoms with Crippen LogP contribution in [-0.4, -0.2) is 16.3 Å². The van der Waals surface area contributed by atoms with Crippen LogP contribution in [0.15, 0.2) is 30.3 Å². The van der Waals surface area contributed by atoms with E-state index in [-0.39, 0.29) is 17.0 Å². The van der Waals surface area contributed by atoms with Gasteiger partial charge >= 0.3 is 0 Å². The van der Waals surface area contributed by atoms with E-state index in [4.69, 9.17) is 0 Å². The van der Waals surface area contributed by atoms with Gasteiger partial charge in [-0.2, -0.15) is 0 Å². The van der Waals surface area contributed by atoms with Crippen LogP contribution in [-0.2, 0) is 0 Å². The summed E-state index contributed by atoms with van der Waals surface area (Å²) in [6.45, 7) is 0. The topological polar surface area (TPSA) is 0 Å². The van der Waals surface area contributed by atoms with Crippen LogP contribution in [0.1, 0.15) is 0 Å². The molecule has 0 atom stereocenters. The van der Waals surface area contributed by atoms with Crippen molar-refractivity contribution >= 4 is 37.7 Å². The quantitative estimate of drug-likeness (QED) is 0.519. The van der Waals surface area contributed by atoms with E-state index in [2.05, 4.69) is 24.3 Å². The van der Waals surface area contributed by atoms with Crippen molar-refractivity contribution in [3.05, 3.63) is 30.3 Å². The number of benzene rings is 1. The van der Waals surface area contributed by atoms with Crippen molar-refractivity contribution in [2.45, 2.75) is 0 Å². The highest BCUT2D eigenvalue weighted by atomic mass is 79.9. The standard InChI is InChI=1S/C6H5.Al.BrH.2H/c1-2-4-6-5-3-1;;;;/h1-5H;;1H;;. The molecule has 0 unspecified atom stereocenters. The van der Waals surface area contributed by atoms with Crippen molar-refractivity contribution in [3.8, 4) is 0 Å². The summed E-state index contributed by atoms with van der Waals surface area (Å²) in [6, 6.07) is 10.5. The third-order valence-corrected chi connectivity index (χ3v) is 1.61. The smallest absolute Gasteiger partial charge is 0.121 e. The van der Waals surface area contributed by atoms with Gasteiger partial charge in [0.25, 0.3) is 16.3 Å². The molecule has 0 nitrogen and oxygen atoms in total. The SMILES string of the molecule is Br.[AlH2][c]1ccccc1. The first kappa shape index (κ1) is 8.23. The van der Waals surface area contributed by atoms with Gasteiger partial charge in [-0.15, -0.1) is 21.4 Å². The van der Waals surface area contributed by atoms with E-state index in [1.54, 1.807) is 0 Å². The van der Waals surface area contributed by atoms with E-state index in [1.807, 2.05) is 6.07 Å². The fourth-order valence-corrected chi connectivity index (χ4v) is 0.919. The largest absolute Gasteiger partial charge is 0.258 e. The summed E-state index contributed by atoms with van der Waals surface area (Å²) in [5, 5.41) is 0. The highest BCUT2D eigenvalue weighted by Gasteiger charge is 1.72. The van der Waals surface area contributed by atoms with Crippen LogP contribution < -0.4 is 4.43 Å². The summed E-state index contributed by atoms with van der Waals surface area (Å²) in [4.78, 5) is 0. The van der Waals surface area contributed by atoms with Crippen LogP contribution in [0, 0.1) is 0 Å². The normalized spacial score (nSPS) is 7.50. The summed E-state index contributed by atoms with van der Waals surface area (Å²) < 4.78 is 1.46. The molecule has 2 heteroatoms. The van der Waals surface area contributed by atoms with Gasteiger partial charge in [0.1, 0.15) is 0 Å². The number of hydrogen-bond donors (Lipinski definition) is 0. The second-order valence-corrected chi connectivity index (χ2v) is 2.81. The molecule has 8 heavy (non-hydrogen) atoms. The lowest BCUT2D eigenvalue weighted by atomic mass is 10.4. The molecule has 0 saturated heterocycles. The third kappa shape index (κ3) is 2.52. The van der Waals surface area contributed by atoms with E-state index in [0.717, 1.165) is 0 Å². The van der Waals surface area contributed by atoms with Crippen LogP contribution >= 0.6 is 17.0 Å². The van der Waals surface area contributed by atoms with Gasteiger partial charge in [0.15, 0.2) is 0 Å². The molecule has 1 aromatic carbocycles. The zero-order valence-electron chi connectivity index (χ0n) is 4.79. The van der Waals surface area contributed by atoms with Crippen molar-refractivity contribution in [1.82, 2.24) is 0 Å². The molecule has 0 radical (unpaired) electrons. The van der Waals surface area contributed by atoms with E-state index >= 15 is 0 Å². The minimum absolute atomic E-state index is 0. The summed E-state index contributed by atoms with van der Waals surface area (Å²) in [7, 11) is 0. The van der Waals surface area contributed by atoms with Crippen LogP contribution in [0.4, 0.5) is 0 Å². The zero-order valence-corrected chi connectivity index (χ0v) is 8.51. The molecule has 1 rings (SSSR count). The molecule has 0 aliphatic heterocycles. The molecule has 0 amide bonds. The molecule has 0 spiro atoms. The summed E-state index contributed by atoms with van der Waals surface area (Å²) in [5.41, 5.74) is 0. The van der Waals surface area contributed by atoms with Crippen molar-refractivity contribution in [2.75, 3.05) is 0 Å². The van der Waals surface area contributed by atoms with Crippen LogP contribution in [0.5, 0.6) is 0 Å². The van der Waals surface area contributed by atoms with Gasteiger partial charge in [-0.3, -0.25) is 0 Å². The minimum Gasteiger partial charge on any atom is -0.121 e. The lowest BCUT2D eigenvalue weighted by molar-refractivity contribution is 1.78. The van der Waals surface area contributed by atoms with E-state index < -0.39 is 0 Å². The molecular weight excluding hydrogens is 179 g/mol. The first-order chi connectivity index (χ1) is 3.39. The Morgan fingerprint density at radius 2 is 1.50 bits per heavy atom. The second-order valence-electron chi connectivity index (χ2n) is 1.65. The second kappa shape index (κ2) is 4.15. The summed E-state index contributed by atoms with van der Waals surface area (Å²) >= 11 is 1.17. The van der Waals surface area contributed by atoms with Gasteiger partial charge < -0.3 is 0 Å². The maximum atomic E-state index is 2.15. The van der Waals surface area contributed by atoms with Gasteiger partial charge in [0, 0.05) is 0 Å². The van der Waals surface area contributed by atoms with Crippen molar-refractivity contribution in [3.63, 3.8) is 0 Å². The lowest BCUT2D eigenvalue weighted by Crippen LogP contribution is -1.97. The predicted octanol–water partition coefficient (Wildman–Crippen LogP) is 0.523. The van der Waals surface area contributed by atoms with Crippen molar-refractivity contribution < 1.29 is 0 Å². The van der Waals surface area contributed by atoms with Gasteiger partial charge in [0.2, 0.25) is 0 Å². The predicted molar refractivity (Wildman–Crippen MR) is 44.9 cm³/mol. The van der Waals surface area contributed by atoms with Crippen LogP contribution in [0.3, 0.4) is 0 Å².